The molecule has 0 amide bonds. The van der Waals surface area contributed by atoms with Gasteiger partial charge in [0.25, 0.3) is 10.0 Å². The van der Waals surface area contributed by atoms with Gasteiger partial charge in [0.2, 0.25) is 0 Å². The molecule has 2 rings (SSSR count). The Balaban J connectivity index is 2.36. The maximum Gasteiger partial charge on any atom is 0.260 e. The smallest absolute Gasteiger partial charge is 0.260 e. The first kappa shape index (κ1) is 12.5. The minimum Gasteiger partial charge on any atom is -0.395 e. The molecule has 0 unspecified atom stereocenters. The van der Waals surface area contributed by atoms with E-state index in [0.717, 1.165) is 12.8 Å². The van der Waals surface area contributed by atoms with Crippen LogP contribution in [0.4, 0.5) is 0 Å². The van der Waals surface area contributed by atoms with Gasteiger partial charge >= 0.3 is 0 Å². The Hall–Kier alpha value is -0.920. The number of aryl methyl sites for hydroxylation is 1. The van der Waals surface area contributed by atoms with E-state index in [2.05, 4.69) is 4.98 Å². The molecular weight excluding hydrogens is 242 g/mol. The van der Waals surface area contributed by atoms with Crippen molar-refractivity contribution in [3.63, 3.8) is 0 Å². The van der Waals surface area contributed by atoms with Crippen LogP contribution in [-0.2, 0) is 16.6 Å². The second-order valence-electron chi connectivity index (χ2n) is 4.11. The summed E-state index contributed by atoms with van der Waals surface area (Å²) in [5, 5.41) is 9.40. The van der Waals surface area contributed by atoms with Crippen molar-refractivity contribution >= 4 is 10.0 Å². The zero-order valence-corrected chi connectivity index (χ0v) is 10.6. The minimum absolute atomic E-state index is 0.126. The highest BCUT2D eigenvalue weighted by Crippen LogP contribution is 2.25. The van der Waals surface area contributed by atoms with Crippen LogP contribution in [0.2, 0.25) is 0 Å². The lowest BCUT2D eigenvalue weighted by atomic mass is 10.2. The van der Waals surface area contributed by atoms with Crippen LogP contribution in [0.3, 0.4) is 0 Å². The molecule has 96 valence electrons. The van der Waals surface area contributed by atoms with Gasteiger partial charge in [-0.25, -0.2) is 13.4 Å². The van der Waals surface area contributed by atoms with Crippen LogP contribution >= 0.6 is 0 Å². The van der Waals surface area contributed by atoms with E-state index in [9.17, 15) is 13.5 Å². The van der Waals surface area contributed by atoms with Crippen LogP contribution in [0.15, 0.2) is 17.6 Å². The number of aliphatic hydroxyl groups is 1. The molecule has 0 saturated carbocycles. The number of sulfonamides is 1. The first-order valence-electron chi connectivity index (χ1n) is 5.74. The molecule has 17 heavy (non-hydrogen) atoms. The Morgan fingerprint density at radius 1 is 1.59 bits per heavy atom. The topological polar surface area (TPSA) is 75.4 Å². The van der Waals surface area contributed by atoms with Gasteiger partial charge in [0, 0.05) is 19.1 Å². The summed E-state index contributed by atoms with van der Waals surface area (Å²) in [7, 11) is -3.53. The number of imidazole rings is 1. The summed E-state index contributed by atoms with van der Waals surface area (Å²) in [5.74, 6) is 0. The third kappa shape index (κ3) is 2.10. The first-order chi connectivity index (χ1) is 8.11. The molecule has 6 nitrogen and oxygen atoms in total. The molecule has 2 heterocycles. The number of aromatic nitrogens is 2. The zero-order valence-electron chi connectivity index (χ0n) is 9.78. The van der Waals surface area contributed by atoms with Crippen molar-refractivity contribution in [2.45, 2.75) is 37.4 Å². The van der Waals surface area contributed by atoms with Crippen LogP contribution < -0.4 is 0 Å². The Kier molecular flexibility index (Phi) is 3.50. The van der Waals surface area contributed by atoms with Crippen molar-refractivity contribution in [2.24, 2.45) is 0 Å². The molecule has 1 saturated heterocycles. The summed E-state index contributed by atoms with van der Waals surface area (Å²) in [5.41, 5.74) is 0. The molecule has 0 radical (unpaired) electrons. The third-order valence-electron chi connectivity index (χ3n) is 3.12. The molecule has 1 N–H and O–H groups in total. The summed E-state index contributed by atoms with van der Waals surface area (Å²) in [6.07, 6.45) is 4.39. The van der Waals surface area contributed by atoms with E-state index in [1.807, 2.05) is 6.92 Å². The molecule has 1 atom stereocenters. The first-order valence-corrected chi connectivity index (χ1v) is 7.18. The van der Waals surface area contributed by atoms with Crippen molar-refractivity contribution in [3.8, 4) is 0 Å². The van der Waals surface area contributed by atoms with Crippen molar-refractivity contribution < 1.29 is 13.5 Å². The molecule has 1 aromatic rings. The summed E-state index contributed by atoms with van der Waals surface area (Å²) < 4.78 is 27.8. The number of nitrogens with zero attached hydrogens (tertiary/aromatic N) is 3. The van der Waals surface area contributed by atoms with Crippen LogP contribution in [0, 0.1) is 0 Å². The molecule has 1 aliphatic heterocycles. The average molecular weight is 259 g/mol. The average Bonchev–Trinajstić information content (AvgIpc) is 2.97. The number of rotatable bonds is 4. The summed E-state index contributed by atoms with van der Waals surface area (Å²) in [6.45, 7) is 2.78. The molecular formula is C10H17N3O3S. The highest BCUT2D eigenvalue weighted by molar-refractivity contribution is 7.89. The van der Waals surface area contributed by atoms with Crippen LogP contribution in [0.25, 0.3) is 0 Å². The van der Waals surface area contributed by atoms with Crippen LogP contribution in [0.5, 0.6) is 0 Å². The largest absolute Gasteiger partial charge is 0.395 e. The molecule has 0 aliphatic carbocycles. The lowest BCUT2D eigenvalue weighted by molar-refractivity contribution is 0.213. The summed E-state index contributed by atoms with van der Waals surface area (Å²) >= 11 is 0. The molecule has 1 fully saturated rings. The standard InChI is InChI=1S/C10H17N3O3S/c1-2-12-8-11-6-10(12)17(15,16)13-5-3-4-9(13)7-14/h6,8-9,14H,2-5,7H2,1H3/t9-/m1/s1. The highest BCUT2D eigenvalue weighted by Gasteiger charge is 2.36. The van der Waals surface area contributed by atoms with E-state index in [-0.39, 0.29) is 17.7 Å². The van der Waals surface area contributed by atoms with Gasteiger partial charge < -0.3 is 9.67 Å². The maximum absolute atomic E-state index is 12.4. The SMILES string of the molecule is CCn1cncc1S(=O)(=O)N1CCC[C@@H]1CO. The number of aliphatic hydroxyl groups excluding tert-OH is 1. The highest BCUT2D eigenvalue weighted by atomic mass is 32.2. The van der Waals surface area contributed by atoms with Gasteiger partial charge in [-0.3, -0.25) is 0 Å². The van der Waals surface area contributed by atoms with Crippen molar-refractivity contribution in [3.05, 3.63) is 12.5 Å². The number of hydrogen-bond acceptors (Lipinski definition) is 4. The van der Waals surface area contributed by atoms with Crippen LogP contribution in [0.1, 0.15) is 19.8 Å². The Morgan fingerprint density at radius 3 is 3.00 bits per heavy atom. The second kappa shape index (κ2) is 4.75. The monoisotopic (exact) mass is 259 g/mol. The molecule has 0 aromatic carbocycles. The molecule has 0 spiro atoms. The van der Waals surface area contributed by atoms with E-state index in [4.69, 9.17) is 0 Å². The van der Waals surface area contributed by atoms with Gasteiger partial charge in [-0.2, -0.15) is 4.31 Å². The lowest BCUT2D eigenvalue weighted by Gasteiger charge is -2.22. The predicted octanol–water partition coefficient (Wildman–Crippen LogP) is 0.0484. The predicted molar refractivity (Wildman–Crippen MR) is 61.9 cm³/mol. The van der Waals surface area contributed by atoms with Gasteiger partial charge in [-0.15, -0.1) is 0 Å². The van der Waals surface area contributed by atoms with Gasteiger partial charge in [0.15, 0.2) is 5.03 Å². The normalized spacial score (nSPS) is 22.1. The quantitative estimate of drug-likeness (QED) is 0.829. The van der Waals surface area contributed by atoms with E-state index in [1.54, 1.807) is 4.57 Å². The van der Waals surface area contributed by atoms with Crippen LogP contribution in [-0.4, -0.2) is 46.6 Å². The van der Waals surface area contributed by atoms with E-state index in [0.29, 0.717) is 13.1 Å². The molecule has 7 heteroatoms. The van der Waals surface area contributed by atoms with Crippen molar-refractivity contribution in [1.82, 2.24) is 13.9 Å². The fourth-order valence-electron chi connectivity index (χ4n) is 2.19. The van der Waals surface area contributed by atoms with E-state index in [1.165, 1.54) is 16.8 Å². The Morgan fingerprint density at radius 2 is 2.35 bits per heavy atom. The summed E-state index contributed by atoms with van der Waals surface area (Å²) in [6, 6.07) is -0.291. The Bertz CT molecular complexity index is 483. The molecule has 1 aliphatic rings. The second-order valence-corrected chi connectivity index (χ2v) is 5.95. The van der Waals surface area contributed by atoms with Gasteiger partial charge in [0.05, 0.1) is 19.1 Å². The third-order valence-corrected chi connectivity index (χ3v) is 5.09. The summed E-state index contributed by atoms with van der Waals surface area (Å²) in [4.78, 5) is 3.88. The lowest BCUT2D eigenvalue weighted by Crippen LogP contribution is -2.38. The van der Waals surface area contributed by atoms with Crippen molar-refractivity contribution in [2.75, 3.05) is 13.2 Å². The molecule has 0 bridgehead atoms. The number of hydrogen-bond donors (Lipinski definition) is 1. The van der Waals surface area contributed by atoms with Gasteiger partial charge in [0.1, 0.15) is 0 Å². The van der Waals surface area contributed by atoms with E-state index >= 15 is 0 Å². The van der Waals surface area contributed by atoms with Gasteiger partial charge in [-0.05, 0) is 19.8 Å². The zero-order chi connectivity index (χ0) is 12.5. The van der Waals surface area contributed by atoms with E-state index < -0.39 is 10.0 Å². The fraction of sp³-hybridized carbons (Fsp3) is 0.700. The van der Waals surface area contributed by atoms with Crippen molar-refractivity contribution in [1.29, 1.82) is 0 Å². The van der Waals surface area contributed by atoms with Gasteiger partial charge in [-0.1, -0.05) is 0 Å². The molecule has 1 aromatic heterocycles. The minimum atomic E-state index is -3.53. The maximum atomic E-state index is 12.4. The Labute approximate surface area is 101 Å². The fourth-order valence-corrected chi connectivity index (χ4v) is 4.03.